The quantitative estimate of drug-likeness (QED) is 0.426. The molecule has 0 aromatic heterocycles. The molecule has 0 amide bonds. The van der Waals surface area contributed by atoms with Crippen molar-refractivity contribution in [3.8, 4) is 0 Å². The monoisotopic (exact) mass is 98.0 g/mol. The summed E-state index contributed by atoms with van der Waals surface area (Å²) in [5.41, 5.74) is 0. The largest absolute Gasteiger partial charge is 0.470 e. The van der Waals surface area contributed by atoms with Crippen LogP contribution in [0.5, 0.6) is 0 Å². The van der Waals surface area contributed by atoms with Crippen molar-refractivity contribution in [2.45, 2.75) is 0 Å². The van der Waals surface area contributed by atoms with Crippen LogP contribution in [0.3, 0.4) is 0 Å². The van der Waals surface area contributed by atoms with Crippen molar-refractivity contribution >= 4 is 11.6 Å². The number of hydrogen-bond acceptors (Lipinski definition) is 0. The lowest BCUT2D eigenvalue weighted by Crippen LogP contribution is -1.71. The molecule has 0 atom stereocenters. The Bertz CT molecular complexity index is 6.00. The lowest BCUT2D eigenvalue weighted by Gasteiger charge is -1.47. The fourth-order valence-corrected chi connectivity index (χ4v) is 0. The molecule has 0 saturated carbocycles. The second-order valence-corrected chi connectivity index (χ2v) is 1.13. The van der Waals surface area contributed by atoms with Crippen LogP contribution in [0, 0.1) is 11.6 Å². The lowest BCUT2D eigenvalue weighted by molar-refractivity contribution is -0.360. The second-order valence-electron chi connectivity index (χ2n) is 0.378. The highest BCUT2D eigenvalue weighted by Crippen LogP contribution is 1.65. The summed E-state index contributed by atoms with van der Waals surface area (Å²) in [4.78, 5) is 0. The number of halogens is 2. The molecule has 25 valence electrons. The van der Waals surface area contributed by atoms with Gasteiger partial charge >= 0.3 is 11.6 Å². The van der Waals surface area contributed by atoms with Crippen LogP contribution in [0.15, 0.2) is 0 Å². The van der Waals surface area contributed by atoms with E-state index in [1.807, 2.05) is 0 Å². The normalized spacial score (nSPS) is 7.50. The molecule has 0 N–H and O–H groups in total. The summed E-state index contributed by atoms with van der Waals surface area (Å²) in [6.07, 6.45) is 0. The van der Waals surface area contributed by atoms with E-state index in [1.165, 1.54) is 0 Å². The van der Waals surface area contributed by atoms with Crippen LogP contribution in [0.1, 0.15) is 0 Å². The maximum atomic E-state index is 5.05. The van der Waals surface area contributed by atoms with Gasteiger partial charge in [-0.3, -0.25) is 0 Å². The topological polar surface area (TPSA) is 0 Å². The summed E-state index contributed by atoms with van der Waals surface area (Å²) in [6, 6.07) is 0. The Morgan fingerprint density at radius 2 is 2.00 bits per heavy atom. The summed E-state index contributed by atoms with van der Waals surface area (Å²) in [5, 5.41) is 0. The third-order valence-corrected chi connectivity index (χ3v) is 0.643. The molecule has 0 aliphatic heterocycles. The van der Waals surface area contributed by atoms with Gasteiger partial charge in [-0.25, -0.2) is 0 Å². The Hall–Kier alpha value is 0.580. The van der Waals surface area contributed by atoms with E-state index in [1.54, 1.807) is 0 Å². The van der Waals surface area contributed by atoms with Crippen LogP contribution >= 0.6 is 11.6 Å². The predicted octanol–water partition coefficient (Wildman–Crippen LogP) is 0.774. The Labute approximate surface area is 35.7 Å². The molecule has 0 spiro atoms. The third-order valence-electron chi connectivity index (χ3n) is 0.0714. The average molecular weight is 99.0 g/mol. The fourth-order valence-electron chi connectivity index (χ4n) is 0. The third kappa shape index (κ3) is 2.58. The summed E-state index contributed by atoms with van der Waals surface area (Å²) in [6.45, 7) is 0. The molecule has 0 aliphatic carbocycles. The fraction of sp³-hybridized carbons (Fsp3) is 1.00. The lowest BCUT2D eigenvalue weighted by atomic mass is 11.0. The zero-order valence-corrected chi connectivity index (χ0v) is 3.68. The molecule has 0 heterocycles. The first kappa shape index (κ1) is 4.58. The molecule has 0 fully saturated rings. The molecule has 0 aliphatic rings. The van der Waals surface area contributed by atoms with Crippen molar-refractivity contribution in [3.63, 3.8) is 0 Å². The van der Waals surface area contributed by atoms with E-state index < -0.39 is 0 Å². The molecular formula is C2H4Cl2+. The van der Waals surface area contributed by atoms with Gasteiger partial charge in [0.05, 0.1) is 5.88 Å². The van der Waals surface area contributed by atoms with Gasteiger partial charge in [0, 0.05) is 0 Å². The Kier molecular flexibility index (Phi) is 4.10. The minimum Gasteiger partial charge on any atom is -0.121 e. The zero-order valence-electron chi connectivity index (χ0n) is 2.17. The molecule has 4 heavy (non-hydrogen) atoms. The summed E-state index contributed by atoms with van der Waals surface area (Å²) in [5.74, 6) is 1.11. The molecule has 0 nitrogen and oxygen atoms in total. The minimum atomic E-state index is 0.557. The van der Waals surface area contributed by atoms with E-state index in [-0.39, 0.29) is 0 Å². The molecule has 0 bridgehead atoms. The van der Waals surface area contributed by atoms with Crippen LogP contribution in [-0.4, -0.2) is 11.8 Å². The predicted molar refractivity (Wildman–Crippen MR) is 15.6 cm³/mol. The first-order chi connectivity index (χ1) is 1.91. The molecule has 0 rings (SSSR count). The number of hydrogen-bond donors (Lipinski definition) is 0. The van der Waals surface area contributed by atoms with Crippen LogP contribution in [0.25, 0.3) is 0 Å². The molecule has 2 heteroatoms. The highest BCUT2D eigenvalue weighted by atomic mass is 35.5. The van der Waals surface area contributed by atoms with Gasteiger partial charge < -0.3 is 0 Å². The van der Waals surface area contributed by atoms with E-state index in [0.717, 1.165) is 0 Å². The Balaban J connectivity index is 1.97. The SMILES string of the molecule is ClCC[Cl+]. The zero-order chi connectivity index (χ0) is 3.41. The minimum absolute atomic E-state index is 0.557. The van der Waals surface area contributed by atoms with Gasteiger partial charge in [-0.2, -0.15) is 0 Å². The van der Waals surface area contributed by atoms with Gasteiger partial charge in [-0.1, -0.05) is 0 Å². The summed E-state index contributed by atoms with van der Waals surface area (Å²) in [7, 11) is 0. The Morgan fingerprint density at radius 3 is 2.00 bits per heavy atom. The summed E-state index contributed by atoms with van der Waals surface area (Å²) >= 11 is 10.1. The maximum absolute atomic E-state index is 5.05. The first-order valence-corrected chi connectivity index (χ1v) is 2.10. The van der Waals surface area contributed by atoms with Crippen LogP contribution in [0.2, 0.25) is 0 Å². The molecule has 0 unspecified atom stereocenters. The molecule has 1 radical (unpaired) electrons. The Morgan fingerprint density at radius 1 is 1.75 bits per heavy atom. The highest BCUT2D eigenvalue weighted by molar-refractivity contribution is 6.17. The van der Waals surface area contributed by atoms with E-state index in [4.69, 9.17) is 23.2 Å². The van der Waals surface area contributed by atoms with E-state index >= 15 is 0 Å². The van der Waals surface area contributed by atoms with E-state index in [2.05, 4.69) is 0 Å². The molecule has 0 saturated heterocycles. The van der Waals surface area contributed by atoms with Crippen molar-refractivity contribution < 1.29 is 11.6 Å². The standard InChI is InChI=1S/C2H4Cl2/c3-1-2-4/h1-2H2/q+1. The second kappa shape index (κ2) is 3.58. The summed E-state index contributed by atoms with van der Waals surface area (Å²) < 4.78 is 0. The van der Waals surface area contributed by atoms with Crippen molar-refractivity contribution in [3.05, 3.63) is 0 Å². The van der Waals surface area contributed by atoms with Gasteiger partial charge in [0.1, 0.15) is 0 Å². The van der Waals surface area contributed by atoms with Crippen molar-refractivity contribution in [1.29, 1.82) is 0 Å². The van der Waals surface area contributed by atoms with Gasteiger partial charge in [-0.05, 0) is 0 Å². The van der Waals surface area contributed by atoms with Crippen LogP contribution < -0.4 is 0 Å². The van der Waals surface area contributed by atoms with Gasteiger partial charge in [0.15, 0.2) is 0 Å². The van der Waals surface area contributed by atoms with Crippen LogP contribution in [-0.2, 0) is 0 Å². The van der Waals surface area contributed by atoms with E-state index in [0.29, 0.717) is 11.8 Å². The maximum Gasteiger partial charge on any atom is 0.470 e. The average Bonchev–Trinajstić information content (AvgIpc) is 1.37. The van der Waals surface area contributed by atoms with Gasteiger partial charge in [0.25, 0.3) is 5.88 Å². The molecule has 0 aromatic rings. The highest BCUT2D eigenvalue weighted by Gasteiger charge is 1.82. The number of alkyl halides is 2. The van der Waals surface area contributed by atoms with Gasteiger partial charge in [-0.15, -0.1) is 11.6 Å². The van der Waals surface area contributed by atoms with Gasteiger partial charge in [0.2, 0.25) is 0 Å². The van der Waals surface area contributed by atoms with E-state index in [9.17, 15) is 0 Å². The van der Waals surface area contributed by atoms with Crippen molar-refractivity contribution in [2.24, 2.45) is 0 Å². The molecule has 0 aromatic carbocycles. The molecular weight excluding hydrogens is 94.9 g/mol. The van der Waals surface area contributed by atoms with Crippen LogP contribution in [0.4, 0.5) is 0 Å². The van der Waals surface area contributed by atoms with Crippen molar-refractivity contribution in [1.82, 2.24) is 0 Å². The first-order valence-electron chi connectivity index (χ1n) is 1.03. The smallest absolute Gasteiger partial charge is 0.121 e. The number of rotatable bonds is 1. The van der Waals surface area contributed by atoms with Crippen molar-refractivity contribution in [2.75, 3.05) is 11.8 Å².